The number of halogens is 1. The molecule has 1 aliphatic rings. The highest BCUT2D eigenvalue weighted by atomic mass is 35.5. The van der Waals surface area contributed by atoms with Crippen LogP contribution in [0.1, 0.15) is 11.5 Å². The van der Waals surface area contributed by atoms with Gasteiger partial charge in [-0.15, -0.1) is 0 Å². The summed E-state index contributed by atoms with van der Waals surface area (Å²) in [6.45, 7) is 0. The fraction of sp³-hybridized carbons (Fsp3) is 0.188. The topological polar surface area (TPSA) is 51.2 Å². The zero-order chi connectivity index (χ0) is 15.0. The molecule has 3 nitrogen and oxygen atoms in total. The van der Waals surface area contributed by atoms with Crippen molar-refractivity contribution < 1.29 is 13.2 Å². The van der Waals surface area contributed by atoms with Gasteiger partial charge in [0.15, 0.2) is 9.84 Å². The van der Waals surface area contributed by atoms with Gasteiger partial charge in [-0.2, -0.15) is 0 Å². The molecule has 0 saturated heterocycles. The molecule has 3 rings (SSSR count). The fourth-order valence-corrected chi connectivity index (χ4v) is 4.97. The van der Waals surface area contributed by atoms with E-state index in [0.717, 1.165) is 11.8 Å². The van der Waals surface area contributed by atoms with E-state index in [-0.39, 0.29) is 10.8 Å². The summed E-state index contributed by atoms with van der Waals surface area (Å²) < 4.78 is 25.3. The van der Waals surface area contributed by atoms with E-state index >= 15 is 0 Å². The van der Waals surface area contributed by atoms with Crippen LogP contribution in [0.3, 0.4) is 0 Å². The van der Waals surface area contributed by atoms with Gasteiger partial charge in [-0.1, -0.05) is 41.9 Å². The normalized spacial score (nSPS) is 24.5. The minimum absolute atomic E-state index is 0.210. The summed E-state index contributed by atoms with van der Waals surface area (Å²) in [6, 6.07) is 15.3. The lowest BCUT2D eigenvalue weighted by Gasteiger charge is -2.04. The molecular formula is C16H13ClO3S. The Bertz CT molecular complexity index is 754. The maximum atomic E-state index is 12.7. The quantitative estimate of drug-likeness (QED) is 0.813. The third-order valence-electron chi connectivity index (χ3n) is 3.85. The van der Waals surface area contributed by atoms with Crippen molar-refractivity contribution in [3.8, 4) is 0 Å². The maximum absolute atomic E-state index is 12.7. The highest BCUT2D eigenvalue weighted by Crippen LogP contribution is 2.52. The molecule has 0 amide bonds. The Hall–Kier alpha value is -1.65. The molecule has 3 unspecified atom stereocenters. The van der Waals surface area contributed by atoms with Crippen molar-refractivity contribution in [3.63, 3.8) is 0 Å². The molecule has 0 radical (unpaired) electrons. The van der Waals surface area contributed by atoms with Crippen LogP contribution in [0.4, 0.5) is 0 Å². The van der Waals surface area contributed by atoms with Gasteiger partial charge in [0.25, 0.3) is 0 Å². The van der Waals surface area contributed by atoms with E-state index in [1.165, 1.54) is 12.1 Å². The molecule has 0 aromatic heterocycles. The number of carbonyl (C=O) groups is 1. The van der Waals surface area contributed by atoms with E-state index in [1.54, 1.807) is 12.1 Å². The highest BCUT2D eigenvalue weighted by Gasteiger charge is 2.58. The molecule has 0 spiro atoms. The molecule has 108 valence electrons. The van der Waals surface area contributed by atoms with E-state index in [2.05, 4.69) is 0 Å². The average molecular weight is 321 g/mol. The zero-order valence-corrected chi connectivity index (χ0v) is 12.6. The van der Waals surface area contributed by atoms with Gasteiger partial charge in [0.1, 0.15) is 6.29 Å². The maximum Gasteiger partial charge on any atom is 0.182 e. The largest absolute Gasteiger partial charge is 0.303 e. The van der Waals surface area contributed by atoms with Crippen molar-refractivity contribution in [1.29, 1.82) is 0 Å². The summed E-state index contributed by atoms with van der Waals surface area (Å²) in [5, 5.41) is -0.199. The van der Waals surface area contributed by atoms with Crippen molar-refractivity contribution >= 4 is 27.7 Å². The molecule has 2 aromatic rings. The lowest BCUT2D eigenvalue weighted by atomic mass is 10.1. The summed E-state index contributed by atoms with van der Waals surface area (Å²) in [5.41, 5.74) is 0.886. The monoisotopic (exact) mass is 320 g/mol. The zero-order valence-electron chi connectivity index (χ0n) is 11.0. The number of carbonyl (C=O) groups excluding carboxylic acids is 1. The number of sulfone groups is 1. The summed E-state index contributed by atoms with van der Waals surface area (Å²) >= 11 is 5.79. The Morgan fingerprint density at radius 3 is 2.14 bits per heavy atom. The van der Waals surface area contributed by atoms with Crippen molar-refractivity contribution in [2.24, 2.45) is 5.92 Å². The van der Waals surface area contributed by atoms with Crippen LogP contribution in [-0.2, 0) is 14.6 Å². The lowest BCUT2D eigenvalue weighted by Crippen LogP contribution is -2.10. The number of rotatable bonds is 4. The first kappa shape index (κ1) is 14.3. The fourth-order valence-electron chi connectivity index (χ4n) is 2.74. The van der Waals surface area contributed by atoms with Gasteiger partial charge < -0.3 is 4.79 Å². The van der Waals surface area contributed by atoms with Gasteiger partial charge >= 0.3 is 0 Å². The van der Waals surface area contributed by atoms with Gasteiger partial charge in [0, 0.05) is 16.9 Å². The predicted molar refractivity (Wildman–Crippen MR) is 81.2 cm³/mol. The highest BCUT2D eigenvalue weighted by molar-refractivity contribution is 7.92. The van der Waals surface area contributed by atoms with Crippen LogP contribution >= 0.6 is 11.6 Å². The van der Waals surface area contributed by atoms with Gasteiger partial charge in [0.05, 0.1) is 10.1 Å². The van der Waals surface area contributed by atoms with E-state index < -0.39 is 21.0 Å². The summed E-state index contributed by atoms with van der Waals surface area (Å²) in [7, 11) is -3.53. The molecular weight excluding hydrogens is 308 g/mol. The Labute approximate surface area is 128 Å². The summed E-state index contributed by atoms with van der Waals surface area (Å²) in [4.78, 5) is 11.4. The van der Waals surface area contributed by atoms with E-state index in [1.807, 2.05) is 30.3 Å². The second kappa shape index (κ2) is 5.28. The number of benzene rings is 2. The van der Waals surface area contributed by atoms with Crippen LogP contribution in [0, 0.1) is 5.92 Å². The third kappa shape index (κ3) is 2.49. The molecule has 21 heavy (non-hydrogen) atoms. The van der Waals surface area contributed by atoms with Gasteiger partial charge in [-0.25, -0.2) is 8.42 Å². The Morgan fingerprint density at radius 2 is 1.57 bits per heavy atom. The first-order chi connectivity index (χ1) is 10.1. The number of hydrogen-bond acceptors (Lipinski definition) is 3. The van der Waals surface area contributed by atoms with Gasteiger partial charge in [-0.05, 0) is 29.8 Å². The molecule has 0 aliphatic heterocycles. The Morgan fingerprint density at radius 1 is 0.952 bits per heavy atom. The predicted octanol–water partition coefficient (Wildman–Crippen LogP) is 3.09. The molecule has 0 bridgehead atoms. The van der Waals surface area contributed by atoms with E-state index in [9.17, 15) is 13.2 Å². The first-order valence-corrected chi connectivity index (χ1v) is 8.48. The number of hydrogen-bond donors (Lipinski definition) is 0. The van der Waals surface area contributed by atoms with Crippen LogP contribution < -0.4 is 0 Å². The Kier molecular flexibility index (Phi) is 3.59. The third-order valence-corrected chi connectivity index (χ3v) is 6.35. The second-order valence-corrected chi connectivity index (χ2v) is 7.66. The smallest absolute Gasteiger partial charge is 0.182 e. The van der Waals surface area contributed by atoms with Crippen LogP contribution in [0.25, 0.3) is 0 Å². The SMILES string of the molecule is O=CC1C(c2ccccc2)C1S(=O)(=O)c1ccc(Cl)cc1. The number of aldehydes is 1. The molecule has 1 aliphatic carbocycles. The van der Waals surface area contributed by atoms with Crippen LogP contribution in [0.5, 0.6) is 0 Å². The van der Waals surface area contributed by atoms with Gasteiger partial charge in [0.2, 0.25) is 0 Å². The van der Waals surface area contributed by atoms with Crippen molar-refractivity contribution in [2.45, 2.75) is 16.1 Å². The van der Waals surface area contributed by atoms with E-state index in [0.29, 0.717) is 5.02 Å². The molecule has 0 N–H and O–H groups in total. The van der Waals surface area contributed by atoms with Crippen LogP contribution in [-0.4, -0.2) is 20.0 Å². The Balaban J connectivity index is 1.96. The van der Waals surface area contributed by atoms with Crippen LogP contribution in [0.15, 0.2) is 59.5 Å². The van der Waals surface area contributed by atoms with Crippen molar-refractivity contribution in [3.05, 3.63) is 65.2 Å². The molecule has 1 fully saturated rings. The standard InChI is InChI=1S/C16H13ClO3S/c17-12-6-8-13(9-7-12)21(19,20)16-14(10-18)15(16)11-4-2-1-3-5-11/h1-10,14-16H. The second-order valence-electron chi connectivity index (χ2n) is 5.11. The molecule has 2 aromatic carbocycles. The summed E-state index contributed by atoms with van der Waals surface area (Å²) in [5.74, 6) is -0.738. The minimum atomic E-state index is -3.53. The van der Waals surface area contributed by atoms with Crippen LogP contribution in [0.2, 0.25) is 5.02 Å². The molecule has 1 saturated carbocycles. The molecule has 0 heterocycles. The van der Waals surface area contributed by atoms with Gasteiger partial charge in [-0.3, -0.25) is 0 Å². The molecule has 5 heteroatoms. The first-order valence-electron chi connectivity index (χ1n) is 6.55. The summed E-state index contributed by atoms with van der Waals surface area (Å²) in [6.07, 6.45) is 0.746. The van der Waals surface area contributed by atoms with Crippen molar-refractivity contribution in [1.82, 2.24) is 0 Å². The molecule has 3 atom stereocenters. The van der Waals surface area contributed by atoms with Crippen molar-refractivity contribution in [2.75, 3.05) is 0 Å². The van der Waals surface area contributed by atoms with E-state index in [4.69, 9.17) is 11.6 Å². The minimum Gasteiger partial charge on any atom is -0.303 e. The average Bonchev–Trinajstić information content (AvgIpc) is 3.24. The lowest BCUT2D eigenvalue weighted by molar-refractivity contribution is -0.108.